The maximum absolute atomic E-state index is 12.4. The van der Waals surface area contributed by atoms with Crippen LogP contribution < -0.4 is 4.90 Å². The average Bonchev–Trinajstić information content (AvgIpc) is 3.69. The molecule has 20 nitrogen and oxygen atoms in total. The predicted molar refractivity (Wildman–Crippen MR) is 274 cm³/mol. The first-order valence-electron chi connectivity index (χ1n) is 24.1. The van der Waals surface area contributed by atoms with E-state index in [0.29, 0.717) is 134 Å². The van der Waals surface area contributed by atoms with E-state index in [0.717, 1.165) is 11.4 Å². The predicted octanol–water partition coefficient (Wildman–Crippen LogP) is 5.95. The van der Waals surface area contributed by atoms with Gasteiger partial charge in [0.15, 0.2) is 5.71 Å². The molecule has 73 heavy (non-hydrogen) atoms. The Morgan fingerprint density at radius 3 is 1.71 bits per heavy atom. The van der Waals surface area contributed by atoms with E-state index in [2.05, 4.69) is 0 Å². The van der Waals surface area contributed by atoms with E-state index in [-0.39, 0.29) is 35.7 Å². The summed E-state index contributed by atoms with van der Waals surface area (Å²) in [6.07, 6.45) is 15.1. The lowest BCUT2D eigenvalue weighted by atomic mass is 9.76. The van der Waals surface area contributed by atoms with Gasteiger partial charge in [-0.3, -0.25) is 18.5 Å². The number of nitrogens with zero attached hydrogens (tertiary/aromatic N) is 2. The van der Waals surface area contributed by atoms with Crippen molar-refractivity contribution in [2.24, 2.45) is 0 Å². The van der Waals surface area contributed by atoms with Gasteiger partial charge in [0, 0.05) is 74.7 Å². The zero-order chi connectivity index (χ0) is 53.5. The maximum atomic E-state index is 12.4. The molecule has 2 aromatic rings. The molecular formula is C50H73N2O18S3+. The fourth-order valence-corrected chi connectivity index (χ4v) is 10.3. The van der Waals surface area contributed by atoms with Crippen LogP contribution in [0.3, 0.4) is 0 Å². The number of benzene rings is 2. The Morgan fingerprint density at radius 2 is 1.15 bits per heavy atom. The SMILES string of the molecule is COCCOCCOCCOCCOCCOCCC1(C)\C(=C/C=C/C=C/C=C/C2=[N+](CCCCCC(=O)O)c3ccc(S(=O)(=O)O)cc3C2(C)CCCS(=O)(=O)O)N(CCOC)c2ccc(S(=O)(=O)O)cc21. The van der Waals surface area contributed by atoms with E-state index < -0.39 is 52.9 Å². The van der Waals surface area contributed by atoms with Crippen LogP contribution in [0.2, 0.25) is 0 Å². The lowest BCUT2D eigenvalue weighted by molar-refractivity contribution is -0.438. The van der Waals surface area contributed by atoms with E-state index in [4.69, 9.17) is 38.3 Å². The van der Waals surface area contributed by atoms with Crippen LogP contribution in [0.5, 0.6) is 0 Å². The molecule has 2 heterocycles. The summed E-state index contributed by atoms with van der Waals surface area (Å²) in [5.41, 5.74) is 2.38. The van der Waals surface area contributed by atoms with E-state index in [9.17, 15) is 43.7 Å². The number of hydrogen-bond acceptors (Lipinski definition) is 15. The fraction of sp³-hybridized carbons (Fsp3) is 0.560. The van der Waals surface area contributed by atoms with Gasteiger partial charge in [-0.05, 0) is 87.9 Å². The molecule has 2 atom stereocenters. The van der Waals surface area contributed by atoms with Crippen LogP contribution in [0.1, 0.15) is 69.9 Å². The number of allylic oxidation sites excluding steroid dienone is 8. The van der Waals surface area contributed by atoms with Crippen molar-refractivity contribution in [1.82, 2.24) is 0 Å². The number of hydrogen-bond donors (Lipinski definition) is 4. The quantitative estimate of drug-likeness (QED) is 0.0264. The summed E-state index contributed by atoms with van der Waals surface area (Å²) in [5, 5.41) is 9.16. The molecule has 0 saturated carbocycles. The molecule has 4 N–H and O–H groups in total. The Labute approximate surface area is 430 Å². The molecule has 2 aliphatic rings. The number of anilines is 1. The highest BCUT2D eigenvalue weighted by Gasteiger charge is 2.48. The number of carbonyl (C=O) groups is 1. The first-order valence-corrected chi connectivity index (χ1v) is 28.6. The summed E-state index contributed by atoms with van der Waals surface area (Å²) in [5.74, 6) is -1.43. The number of carboxylic acids is 1. The maximum Gasteiger partial charge on any atom is 0.303 e. The smallest absolute Gasteiger partial charge is 0.303 e. The molecule has 23 heteroatoms. The fourth-order valence-electron chi connectivity index (χ4n) is 8.79. The summed E-state index contributed by atoms with van der Waals surface area (Å²) in [6.45, 7) is 9.56. The van der Waals surface area contributed by atoms with Crippen LogP contribution in [0.4, 0.5) is 11.4 Å². The lowest BCUT2D eigenvalue weighted by Crippen LogP contribution is -2.32. The van der Waals surface area contributed by atoms with Crippen LogP contribution in [-0.4, -0.2) is 173 Å². The second-order valence-electron chi connectivity index (χ2n) is 17.7. The van der Waals surface area contributed by atoms with Crippen molar-refractivity contribution >= 4 is 53.4 Å². The number of ether oxygens (including phenoxy) is 7. The number of fused-ring (bicyclic) bond motifs is 2. The van der Waals surface area contributed by atoms with Crippen LogP contribution in [0.15, 0.2) is 94.4 Å². The van der Waals surface area contributed by atoms with Crippen molar-refractivity contribution in [1.29, 1.82) is 0 Å². The molecule has 0 fully saturated rings. The van der Waals surface area contributed by atoms with E-state index in [1.165, 1.54) is 24.3 Å². The zero-order valence-electron chi connectivity index (χ0n) is 42.2. The Morgan fingerprint density at radius 1 is 0.616 bits per heavy atom. The lowest BCUT2D eigenvalue weighted by Gasteiger charge is -2.30. The Kier molecular flexibility index (Phi) is 25.0. The van der Waals surface area contributed by atoms with Gasteiger partial charge in [-0.25, -0.2) is 0 Å². The summed E-state index contributed by atoms with van der Waals surface area (Å²) in [4.78, 5) is 12.7. The van der Waals surface area contributed by atoms with Crippen molar-refractivity contribution in [2.75, 3.05) is 117 Å². The minimum absolute atomic E-state index is 0.00760. The zero-order valence-corrected chi connectivity index (χ0v) is 44.6. The summed E-state index contributed by atoms with van der Waals surface area (Å²) < 4.78 is 143. The van der Waals surface area contributed by atoms with Crippen molar-refractivity contribution in [3.8, 4) is 0 Å². The van der Waals surface area contributed by atoms with Gasteiger partial charge in [-0.2, -0.15) is 29.8 Å². The van der Waals surface area contributed by atoms with Gasteiger partial charge in [0.05, 0.1) is 93.6 Å². The first kappa shape index (κ1) is 61.3. The third-order valence-corrected chi connectivity index (χ3v) is 15.0. The van der Waals surface area contributed by atoms with Crippen LogP contribution in [0, 0.1) is 0 Å². The molecule has 0 aromatic heterocycles. The first-order chi connectivity index (χ1) is 34.7. The van der Waals surface area contributed by atoms with E-state index >= 15 is 0 Å². The minimum Gasteiger partial charge on any atom is -0.481 e. The molecule has 0 amide bonds. The topological polar surface area (TPSA) is 271 Å². The molecule has 0 bridgehead atoms. The molecule has 2 aliphatic heterocycles. The van der Waals surface area contributed by atoms with Crippen LogP contribution >= 0.6 is 0 Å². The standard InChI is InChI=1S/C50H72N2O18S3/c1-49(21-13-37-71(55,56)57)42-38-40(72(58,59)60)17-19-44(42)51(23-12-8-11-16-48(53)54)46(49)14-9-6-5-7-10-15-47-50(2,43-39-41(73(61,62)63)18-20-45(43)52(47)24-26-64-3)22-25-66-29-30-68-33-34-70-36-35-69-32-31-67-28-27-65-4/h5-7,9-10,14-15,17-20,38-39H,8,11-13,16,21-37H2,1-4H3,(H3-,53,54,55,56,57,58,59,60,61,62,63)/p+1. The molecule has 0 aliphatic carbocycles. The summed E-state index contributed by atoms with van der Waals surface area (Å²) in [7, 11) is -10.2. The summed E-state index contributed by atoms with van der Waals surface area (Å²) in [6, 6.07) is 8.77. The molecule has 0 saturated heterocycles. The normalized spacial score (nSPS) is 18.9. The third kappa shape index (κ3) is 19.1. The van der Waals surface area contributed by atoms with Gasteiger partial charge in [-0.1, -0.05) is 30.4 Å². The molecule has 408 valence electrons. The highest BCUT2D eigenvalue weighted by atomic mass is 32.2. The number of carboxylic acid groups (broad SMARTS) is 1. The number of rotatable bonds is 37. The van der Waals surface area contributed by atoms with E-state index in [1.807, 2.05) is 47.6 Å². The number of aliphatic carboxylic acids is 1. The molecule has 0 spiro atoms. The largest absolute Gasteiger partial charge is 0.481 e. The highest BCUT2D eigenvalue weighted by molar-refractivity contribution is 7.86. The van der Waals surface area contributed by atoms with Gasteiger partial charge < -0.3 is 43.2 Å². The van der Waals surface area contributed by atoms with Gasteiger partial charge in [-0.15, -0.1) is 0 Å². The molecule has 2 unspecified atom stereocenters. The molecule has 0 radical (unpaired) electrons. The minimum atomic E-state index is -4.60. The van der Waals surface area contributed by atoms with Gasteiger partial charge in [0.25, 0.3) is 30.4 Å². The van der Waals surface area contributed by atoms with Crippen molar-refractivity contribution in [3.05, 3.63) is 95.8 Å². The van der Waals surface area contributed by atoms with Crippen molar-refractivity contribution in [2.45, 2.75) is 79.4 Å². The second-order valence-corrected chi connectivity index (χ2v) is 22.1. The Bertz CT molecular complexity index is 2610. The highest BCUT2D eigenvalue weighted by Crippen LogP contribution is 2.51. The van der Waals surface area contributed by atoms with Gasteiger partial charge >= 0.3 is 5.97 Å². The van der Waals surface area contributed by atoms with E-state index in [1.54, 1.807) is 44.6 Å². The summed E-state index contributed by atoms with van der Waals surface area (Å²) >= 11 is 0. The number of unbranched alkanes of at least 4 members (excludes halogenated alkanes) is 2. The molecular weight excluding hydrogens is 1010 g/mol. The van der Waals surface area contributed by atoms with Gasteiger partial charge in [0.2, 0.25) is 5.69 Å². The molecule has 2 aromatic carbocycles. The van der Waals surface area contributed by atoms with Crippen LogP contribution in [-0.2, 0) is 79.1 Å². The van der Waals surface area contributed by atoms with Gasteiger partial charge in [0.1, 0.15) is 6.54 Å². The average molecular weight is 1090 g/mol. The third-order valence-electron chi connectivity index (χ3n) is 12.5. The number of methoxy groups -OCH3 is 2. The Balaban J connectivity index is 1.53. The monoisotopic (exact) mass is 1090 g/mol. The second kappa shape index (κ2) is 29.8. The van der Waals surface area contributed by atoms with Crippen LogP contribution in [0.25, 0.3) is 0 Å². The Hall–Kier alpha value is -4.21. The molecule has 4 rings (SSSR count). The van der Waals surface area contributed by atoms with Crippen molar-refractivity contribution < 1.29 is 86.5 Å². The van der Waals surface area contributed by atoms with Crippen molar-refractivity contribution in [3.63, 3.8) is 0 Å².